The van der Waals surface area contributed by atoms with Crippen LogP contribution in [0.25, 0.3) is 0 Å². The molecule has 2 aliphatic rings. The molecule has 0 unspecified atom stereocenters. The number of hydrogen-bond donors (Lipinski definition) is 2. The van der Waals surface area contributed by atoms with Crippen molar-refractivity contribution in [2.24, 2.45) is 11.8 Å². The average molecular weight is 306 g/mol. The van der Waals surface area contributed by atoms with E-state index in [1.54, 1.807) is 0 Å². The Kier molecular flexibility index (Phi) is 3.40. The molecule has 2 nitrogen and oxygen atoms in total. The van der Waals surface area contributed by atoms with Crippen molar-refractivity contribution in [3.63, 3.8) is 0 Å². The Morgan fingerprint density at radius 2 is 1.43 bits per heavy atom. The summed E-state index contributed by atoms with van der Waals surface area (Å²) >= 11 is 0. The first-order valence-corrected chi connectivity index (χ1v) is 8.38. The van der Waals surface area contributed by atoms with Crippen LogP contribution in [0.1, 0.15) is 30.4 Å². The summed E-state index contributed by atoms with van der Waals surface area (Å²) in [4.78, 5) is 0. The quantitative estimate of drug-likeness (QED) is 0.830. The molecule has 2 aromatic rings. The predicted octanol–water partition coefficient (Wildman–Crippen LogP) is 3.75. The van der Waals surface area contributed by atoms with Crippen molar-refractivity contribution >= 4 is 0 Å². The monoisotopic (exact) mass is 306 g/mol. The van der Waals surface area contributed by atoms with Gasteiger partial charge in [0.25, 0.3) is 0 Å². The van der Waals surface area contributed by atoms with E-state index in [1.807, 2.05) is 72.8 Å². The molecule has 2 aliphatic carbocycles. The molecule has 0 radical (unpaired) electrons. The van der Waals surface area contributed by atoms with E-state index in [-0.39, 0.29) is 11.8 Å². The summed E-state index contributed by atoms with van der Waals surface area (Å²) in [5, 5.41) is 22.5. The van der Waals surface area contributed by atoms with Crippen molar-refractivity contribution in [1.82, 2.24) is 0 Å². The van der Waals surface area contributed by atoms with Crippen LogP contribution in [-0.4, -0.2) is 10.2 Å². The first-order chi connectivity index (χ1) is 11.1. The highest BCUT2D eigenvalue weighted by molar-refractivity contribution is 5.34. The zero-order valence-corrected chi connectivity index (χ0v) is 13.1. The van der Waals surface area contributed by atoms with Gasteiger partial charge in [0.05, 0.1) is 5.60 Å². The highest BCUT2D eigenvalue weighted by Crippen LogP contribution is 2.53. The van der Waals surface area contributed by atoms with Crippen molar-refractivity contribution in [3.05, 3.63) is 83.9 Å². The summed E-state index contributed by atoms with van der Waals surface area (Å²) in [6.07, 6.45) is 6.25. The van der Waals surface area contributed by atoms with Crippen molar-refractivity contribution in [1.29, 1.82) is 0 Å². The van der Waals surface area contributed by atoms with Crippen LogP contribution in [0, 0.1) is 11.8 Å². The summed E-state index contributed by atoms with van der Waals surface area (Å²) < 4.78 is 0. The van der Waals surface area contributed by atoms with E-state index >= 15 is 0 Å². The zero-order chi connectivity index (χ0) is 15.9. The predicted molar refractivity (Wildman–Crippen MR) is 90.6 cm³/mol. The Morgan fingerprint density at radius 1 is 0.826 bits per heavy atom. The highest BCUT2D eigenvalue weighted by atomic mass is 16.3. The van der Waals surface area contributed by atoms with E-state index in [0.29, 0.717) is 6.42 Å². The van der Waals surface area contributed by atoms with Gasteiger partial charge in [0, 0.05) is 5.92 Å². The summed E-state index contributed by atoms with van der Waals surface area (Å²) in [5.74, 6) is 0.219. The maximum absolute atomic E-state index is 11.3. The number of rotatable bonds is 2. The Morgan fingerprint density at radius 3 is 2.09 bits per heavy atom. The SMILES string of the molecule is O[C@]1(c2ccccc2)C=C[C@H]2C[C@@H]1CC[C@]2(O)c1ccccc1. The standard InChI is InChI=1S/C21H22O2/c22-20(16-7-3-1-4-8-16)13-11-19-15-18(20)12-14-21(19,23)17-9-5-2-6-10-17/h1-11,13,18-19,22-23H,12,14-15H2/t18-,19-,20-,21-/m0/s1. The van der Waals surface area contributed by atoms with Gasteiger partial charge in [0.15, 0.2) is 0 Å². The molecule has 0 aliphatic heterocycles. The van der Waals surface area contributed by atoms with Crippen molar-refractivity contribution in [3.8, 4) is 0 Å². The fourth-order valence-electron chi connectivity index (χ4n) is 4.36. The van der Waals surface area contributed by atoms with Crippen LogP contribution in [0.15, 0.2) is 72.8 Å². The molecule has 2 aromatic carbocycles. The molecule has 0 amide bonds. The lowest BCUT2D eigenvalue weighted by molar-refractivity contribution is -0.0977. The lowest BCUT2D eigenvalue weighted by Gasteiger charge is -2.49. The molecular formula is C21H22O2. The van der Waals surface area contributed by atoms with E-state index in [9.17, 15) is 10.2 Å². The molecule has 0 spiro atoms. The molecule has 4 rings (SSSR count). The Bertz CT molecular complexity index is 709. The molecule has 2 bridgehead atoms. The molecule has 1 saturated carbocycles. The average Bonchev–Trinajstić information content (AvgIpc) is 2.62. The van der Waals surface area contributed by atoms with Crippen LogP contribution >= 0.6 is 0 Å². The first-order valence-electron chi connectivity index (χ1n) is 8.38. The largest absolute Gasteiger partial charge is 0.385 e. The highest BCUT2D eigenvalue weighted by Gasteiger charge is 2.50. The Balaban J connectivity index is 1.71. The number of aliphatic hydroxyl groups is 2. The minimum absolute atomic E-state index is 0.0626. The molecule has 2 N–H and O–H groups in total. The Hall–Kier alpha value is -1.90. The van der Waals surface area contributed by atoms with E-state index in [1.165, 1.54) is 0 Å². The van der Waals surface area contributed by atoms with Crippen LogP contribution in [0.4, 0.5) is 0 Å². The van der Waals surface area contributed by atoms with Gasteiger partial charge in [-0.2, -0.15) is 0 Å². The molecule has 23 heavy (non-hydrogen) atoms. The summed E-state index contributed by atoms with van der Waals surface area (Å²) in [6, 6.07) is 19.8. The zero-order valence-electron chi connectivity index (χ0n) is 13.1. The van der Waals surface area contributed by atoms with Gasteiger partial charge in [0.1, 0.15) is 5.60 Å². The van der Waals surface area contributed by atoms with E-state index in [0.717, 1.165) is 24.0 Å². The maximum Gasteiger partial charge on any atom is 0.111 e. The maximum atomic E-state index is 11.3. The number of benzene rings is 2. The van der Waals surface area contributed by atoms with E-state index < -0.39 is 11.2 Å². The molecular weight excluding hydrogens is 284 g/mol. The van der Waals surface area contributed by atoms with Crippen LogP contribution in [-0.2, 0) is 11.2 Å². The third kappa shape index (κ3) is 2.25. The molecule has 0 aromatic heterocycles. The van der Waals surface area contributed by atoms with Gasteiger partial charge in [-0.1, -0.05) is 72.8 Å². The molecule has 1 fully saturated rings. The molecule has 2 heteroatoms. The number of hydrogen-bond acceptors (Lipinski definition) is 2. The fraction of sp³-hybridized carbons (Fsp3) is 0.333. The second-order valence-electron chi connectivity index (χ2n) is 6.92. The van der Waals surface area contributed by atoms with Gasteiger partial charge < -0.3 is 10.2 Å². The second-order valence-corrected chi connectivity index (χ2v) is 6.92. The van der Waals surface area contributed by atoms with E-state index in [2.05, 4.69) is 0 Å². The van der Waals surface area contributed by atoms with Gasteiger partial charge in [0.2, 0.25) is 0 Å². The van der Waals surface area contributed by atoms with Gasteiger partial charge in [-0.25, -0.2) is 0 Å². The summed E-state index contributed by atoms with van der Waals surface area (Å²) in [7, 11) is 0. The Labute approximate surface area is 137 Å². The third-order valence-corrected chi connectivity index (χ3v) is 5.74. The van der Waals surface area contributed by atoms with Crippen LogP contribution < -0.4 is 0 Å². The van der Waals surface area contributed by atoms with Crippen molar-refractivity contribution in [2.75, 3.05) is 0 Å². The third-order valence-electron chi connectivity index (χ3n) is 5.74. The topological polar surface area (TPSA) is 40.5 Å². The lowest BCUT2D eigenvalue weighted by atomic mass is 9.59. The molecule has 118 valence electrons. The minimum atomic E-state index is -0.907. The smallest absolute Gasteiger partial charge is 0.111 e. The minimum Gasteiger partial charge on any atom is -0.385 e. The lowest BCUT2D eigenvalue weighted by Crippen LogP contribution is -2.48. The first kappa shape index (κ1) is 14.7. The fourth-order valence-corrected chi connectivity index (χ4v) is 4.36. The van der Waals surface area contributed by atoms with Crippen LogP contribution in [0.2, 0.25) is 0 Å². The van der Waals surface area contributed by atoms with E-state index in [4.69, 9.17) is 0 Å². The van der Waals surface area contributed by atoms with Crippen LogP contribution in [0.5, 0.6) is 0 Å². The van der Waals surface area contributed by atoms with Crippen molar-refractivity contribution in [2.45, 2.75) is 30.5 Å². The number of fused-ring (bicyclic) bond motifs is 2. The van der Waals surface area contributed by atoms with Gasteiger partial charge in [-0.05, 0) is 36.3 Å². The normalized spacial score (nSPS) is 35.9. The molecule has 0 saturated heterocycles. The summed E-state index contributed by atoms with van der Waals surface area (Å²) in [5.41, 5.74) is 0.213. The van der Waals surface area contributed by atoms with Gasteiger partial charge >= 0.3 is 0 Å². The van der Waals surface area contributed by atoms with Crippen molar-refractivity contribution < 1.29 is 10.2 Å². The van der Waals surface area contributed by atoms with Gasteiger partial charge in [-0.15, -0.1) is 0 Å². The van der Waals surface area contributed by atoms with Crippen LogP contribution in [0.3, 0.4) is 0 Å². The summed E-state index contributed by atoms with van der Waals surface area (Å²) in [6.45, 7) is 0. The van der Waals surface area contributed by atoms with Gasteiger partial charge in [-0.3, -0.25) is 0 Å². The second kappa shape index (κ2) is 5.33. The molecule has 0 heterocycles. The molecule has 4 atom stereocenters.